The lowest BCUT2D eigenvalue weighted by Crippen LogP contribution is -2.32. The molecule has 0 aromatic heterocycles. The SMILES string of the molecule is CCCC=C(CCNC(=O)C(=N)CC(=O)Cc1cccc(F)c1)c1cc(F)ccc1C. The molecule has 2 N–H and O–H groups in total. The third-order valence-electron chi connectivity index (χ3n) is 4.84. The van der Waals surface area contributed by atoms with Gasteiger partial charge in [-0.15, -0.1) is 0 Å². The summed E-state index contributed by atoms with van der Waals surface area (Å²) in [5.41, 5.74) is 2.87. The molecule has 31 heavy (non-hydrogen) atoms. The highest BCUT2D eigenvalue weighted by Gasteiger charge is 2.15. The van der Waals surface area contributed by atoms with Crippen LogP contribution in [0.4, 0.5) is 8.78 Å². The van der Waals surface area contributed by atoms with Crippen LogP contribution < -0.4 is 5.32 Å². The van der Waals surface area contributed by atoms with Crippen LogP contribution in [0.15, 0.2) is 48.5 Å². The number of aryl methyl sites for hydroxylation is 1. The molecule has 0 saturated heterocycles. The quantitative estimate of drug-likeness (QED) is 0.486. The van der Waals surface area contributed by atoms with Crippen LogP contribution in [0.3, 0.4) is 0 Å². The molecule has 0 fully saturated rings. The van der Waals surface area contributed by atoms with E-state index in [0.29, 0.717) is 12.0 Å². The second-order valence-corrected chi connectivity index (χ2v) is 7.48. The van der Waals surface area contributed by atoms with Crippen molar-refractivity contribution in [1.82, 2.24) is 5.32 Å². The fourth-order valence-electron chi connectivity index (χ4n) is 3.24. The molecule has 0 saturated carbocycles. The van der Waals surface area contributed by atoms with Gasteiger partial charge in [-0.05, 0) is 66.3 Å². The average Bonchev–Trinajstić information content (AvgIpc) is 2.72. The second-order valence-electron chi connectivity index (χ2n) is 7.48. The summed E-state index contributed by atoms with van der Waals surface area (Å²) in [5, 5.41) is 10.5. The lowest BCUT2D eigenvalue weighted by atomic mass is 9.96. The van der Waals surface area contributed by atoms with Gasteiger partial charge in [0.2, 0.25) is 0 Å². The molecule has 0 aliphatic heterocycles. The fraction of sp³-hybridized carbons (Fsp3) is 0.320. The Morgan fingerprint density at radius 3 is 2.55 bits per heavy atom. The fourth-order valence-corrected chi connectivity index (χ4v) is 3.24. The minimum absolute atomic E-state index is 0.0316. The molecule has 0 aliphatic rings. The van der Waals surface area contributed by atoms with Crippen LogP contribution in [0.1, 0.15) is 49.3 Å². The van der Waals surface area contributed by atoms with E-state index in [1.54, 1.807) is 12.1 Å². The van der Waals surface area contributed by atoms with Gasteiger partial charge in [-0.25, -0.2) is 8.78 Å². The molecule has 164 valence electrons. The van der Waals surface area contributed by atoms with Crippen LogP contribution in [0.2, 0.25) is 0 Å². The van der Waals surface area contributed by atoms with Gasteiger partial charge in [0, 0.05) is 13.0 Å². The zero-order valence-corrected chi connectivity index (χ0v) is 17.9. The van der Waals surface area contributed by atoms with Crippen molar-refractivity contribution in [3.63, 3.8) is 0 Å². The third-order valence-corrected chi connectivity index (χ3v) is 4.84. The van der Waals surface area contributed by atoms with Crippen LogP contribution in [0.5, 0.6) is 0 Å². The molecule has 1 amide bonds. The number of Topliss-reactive ketones (excluding diaryl/α,β-unsaturated/α-hetero) is 1. The smallest absolute Gasteiger partial charge is 0.265 e. The first-order valence-electron chi connectivity index (χ1n) is 10.4. The topological polar surface area (TPSA) is 70.0 Å². The van der Waals surface area contributed by atoms with Gasteiger partial charge < -0.3 is 5.32 Å². The zero-order chi connectivity index (χ0) is 22.8. The monoisotopic (exact) mass is 426 g/mol. The maximum absolute atomic E-state index is 13.7. The van der Waals surface area contributed by atoms with Gasteiger partial charge in [0.25, 0.3) is 5.91 Å². The highest BCUT2D eigenvalue weighted by molar-refractivity contribution is 6.40. The molecule has 0 aliphatic carbocycles. The summed E-state index contributed by atoms with van der Waals surface area (Å²) in [6.45, 7) is 4.23. The Bertz CT molecular complexity index is 983. The number of hydrogen-bond acceptors (Lipinski definition) is 3. The zero-order valence-electron chi connectivity index (χ0n) is 17.9. The van der Waals surface area contributed by atoms with Crippen LogP contribution in [0.25, 0.3) is 5.57 Å². The molecule has 0 radical (unpaired) electrons. The number of amides is 1. The summed E-state index contributed by atoms with van der Waals surface area (Å²) < 4.78 is 26.9. The van der Waals surface area contributed by atoms with Crippen molar-refractivity contribution in [3.05, 3.63) is 76.9 Å². The van der Waals surface area contributed by atoms with E-state index in [2.05, 4.69) is 12.2 Å². The highest BCUT2D eigenvalue weighted by Crippen LogP contribution is 2.23. The van der Waals surface area contributed by atoms with Gasteiger partial charge in [-0.1, -0.05) is 37.6 Å². The Hall–Kier alpha value is -3.15. The number of hydrogen-bond donors (Lipinski definition) is 2. The molecule has 6 heteroatoms. The molecule has 0 unspecified atom stereocenters. The van der Waals surface area contributed by atoms with E-state index < -0.39 is 11.7 Å². The molecule has 2 rings (SSSR count). The number of carbonyl (C=O) groups is 2. The number of unbranched alkanes of at least 4 members (excludes halogenated alkanes) is 1. The first kappa shape index (κ1) is 24.1. The van der Waals surface area contributed by atoms with Crippen molar-refractivity contribution in [1.29, 1.82) is 5.41 Å². The number of carbonyl (C=O) groups excluding carboxylic acids is 2. The molecule has 0 bridgehead atoms. The maximum atomic E-state index is 13.7. The Morgan fingerprint density at radius 1 is 1.10 bits per heavy atom. The predicted molar refractivity (Wildman–Crippen MR) is 119 cm³/mol. The van der Waals surface area contributed by atoms with E-state index in [-0.39, 0.29) is 36.7 Å². The van der Waals surface area contributed by atoms with E-state index in [1.807, 2.05) is 13.0 Å². The summed E-state index contributed by atoms with van der Waals surface area (Å²) >= 11 is 0. The second kappa shape index (κ2) is 11.9. The van der Waals surface area contributed by atoms with E-state index in [1.165, 1.54) is 30.3 Å². The predicted octanol–water partition coefficient (Wildman–Crippen LogP) is 5.18. The molecule has 0 atom stereocenters. The van der Waals surface area contributed by atoms with Crippen molar-refractivity contribution in [2.75, 3.05) is 6.54 Å². The van der Waals surface area contributed by atoms with Gasteiger partial charge in [0.15, 0.2) is 0 Å². The van der Waals surface area contributed by atoms with Crippen LogP contribution in [0, 0.1) is 24.0 Å². The minimum atomic E-state index is -0.613. The number of allylic oxidation sites excluding steroid dienone is 1. The van der Waals surface area contributed by atoms with E-state index in [0.717, 1.165) is 29.5 Å². The van der Waals surface area contributed by atoms with Gasteiger partial charge in [0.1, 0.15) is 23.1 Å². The van der Waals surface area contributed by atoms with E-state index in [9.17, 15) is 18.4 Å². The van der Waals surface area contributed by atoms with Crippen molar-refractivity contribution >= 4 is 23.0 Å². The standard InChI is InChI=1S/C25H28F2N2O2/c1-3-4-7-19(23-15-21(27)10-9-17(23)2)11-12-29-25(31)24(28)16-22(30)14-18-6-5-8-20(26)13-18/h5-10,13,15,28H,3-4,11-12,14,16H2,1-2H3,(H,29,31). The molecule has 0 spiro atoms. The largest absolute Gasteiger partial charge is 0.351 e. The minimum Gasteiger partial charge on any atom is -0.351 e. The summed E-state index contributed by atoms with van der Waals surface area (Å²) in [6.07, 6.45) is 3.97. The summed E-state index contributed by atoms with van der Waals surface area (Å²) in [6, 6.07) is 10.3. The lowest BCUT2D eigenvalue weighted by molar-refractivity contribution is -0.119. The van der Waals surface area contributed by atoms with Crippen molar-refractivity contribution < 1.29 is 18.4 Å². The summed E-state index contributed by atoms with van der Waals surface area (Å²) in [4.78, 5) is 24.3. The number of nitrogens with one attached hydrogen (secondary N) is 2. The van der Waals surface area contributed by atoms with Crippen LogP contribution in [-0.4, -0.2) is 23.9 Å². The summed E-state index contributed by atoms with van der Waals surface area (Å²) in [7, 11) is 0. The third kappa shape index (κ3) is 7.89. The van der Waals surface area contributed by atoms with Gasteiger partial charge in [-0.3, -0.25) is 15.0 Å². The molecular weight excluding hydrogens is 398 g/mol. The van der Waals surface area contributed by atoms with E-state index in [4.69, 9.17) is 5.41 Å². The van der Waals surface area contributed by atoms with Crippen molar-refractivity contribution in [2.24, 2.45) is 0 Å². The van der Waals surface area contributed by atoms with E-state index >= 15 is 0 Å². The Balaban J connectivity index is 1.90. The van der Waals surface area contributed by atoms with Gasteiger partial charge in [-0.2, -0.15) is 0 Å². The normalized spacial score (nSPS) is 11.3. The molecule has 2 aromatic rings. The first-order valence-corrected chi connectivity index (χ1v) is 10.4. The Kier molecular flexibility index (Phi) is 9.25. The highest BCUT2D eigenvalue weighted by atomic mass is 19.1. The Morgan fingerprint density at radius 2 is 1.84 bits per heavy atom. The average molecular weight is 427 g/mol. The van der Waals surface area contributed by atoms with Crippen LogP contribution in [-0.2, 0) is 16.0 Å². The summed E-state index contributed by atoms with van der Waals surface area (Å²) in [5.74, 6) is -1.69. The number of halogens is 2. The van der Waals surface area contributed by atoms with Gasteiger partial charge in [0.05, 0.1) is 6.42 Å². The molecule has 0 heterocycles. The van der Waals surface area contributed by atoms with Crippen molar-refractivity contribution in [3.8, 4) is 0 Å². The molecular formula is C25H28F2N2O2. The lowest BCUT2D eigenvalue weighted by Gasteiger charge is -2.13. The van der Waals surface area contributed by atoms with Crippen molar-refractivity contribution in [2.45, 2.75) is 46.0 Å². The maximum Gasteiger partial charge on any atom is 0.265 e. The number of benzene rings is 2. The number of rotatable bonds is 11. The molecule has 2 aromatic carbocycles. The molecule has 4 nitrogen and oxygen atoms in total. The first-order chi connectivity index (χ1) is 14.8. The van der Waals surface area contributed by atoms with Gasteiger partial charge >= 0.3 is 0 Å². The number of ketones is 1. The Labute approximate surface area is 181 Å². The van der Waals surface area contributed by atoms with Crippen LogP contribution >= 0.6 is 0 Å².